The Morgan fingerprint density at radius 2 is 1.57 bits per heavy atom. The summed E-state index contributed by atoms with van der Waals surface area (Å²) in [7, 11) is 0. The smallest absolute Gasteiger partial charge is 0.350 e. The summed E-state index contributed by atoms with van der Waals surface area (Å²) in [5, 5.41) is 0.942. The van der Waals surface area contributed by atoms with E-state index in [1.807, 2.05) is 24.0 Å². The molecule has 0 aliphatic rings. The molecule has 0 atom stereocenters. The molecule has 0 saturated carbocycles. The minimum absolute atomic E-state index is 0.192. The average Bonchev–Trinajstić information content (AvgIpc) is 3.08. The van der Waals surface area contributed by atoms with Crippen LogP contribution in [0.15, 0.2) is 21.5 Å². The van der Waals surface area contributed by atoms with Crippen molar-refractivity contribution in [2.75, 3.05) is 5.75 Å². The Hall–Kier alpha value is -1.23. The zero-order valence-corrected chi connectivity index (χ0v) is 18.7. The minimum Gasteiger partial charge on any atom is -0.442 e. The molecular formula is C23H38N2O2S. The zero-order chi connectivity index (χ0) is 20.0. The molecule has 28 heavy (non-hydrogen) atoms. The van der Waals surface area contributed by atoms with E-state index < -0.39 is 0 Å². The fraction of sp³-hybridized carbons (Fsp3) is 0.739. The van der Waals surface area contributed by atoms with Crippen LogP contribution in [0, 0.1) is 0 Å². The highest BCUT2D eigenvalue weighted by atomic mass is 32.2. The van der Waals surface area contributed by atoms with E-state index in [1.54, 1.807) is 4.57 Å². The van der Waals surface area contributed by atoms with Crippen molar-refractivity contribution >= 4 is 22.9 Å². The summed E-state index contributed by atoms with van der Waals surface area (Å²) in [4.78, 5) is 16.4. The molecule has 0 amide bonds. The Labute approximate surface area is 174 Å². The minimum atomic E-state index is -0.192. The topological polar surface area (TPSA) is 48.0 Å². The third-order valence-electron chi connectivity index (χ3n) is 5.17. The van der Waals surface area contributed by atoms with Gasteiger partial charge in [0.2, 0.25) is 5.71 Å². The molecule has 0 bridgehead atoms. The maximum absolute atomic E-state index is 12.2. The molecule has 4 nitrogen and oxygen atoms in total. The number of furan rings is 1. The first-order valence-electron chi connectivity index (χ1n) is 11.3. The van der Waals surface area contributed by atoms with Crippen LogP contribution in [0.4, 0.5) is 0 Å². The van der Waals surface area contributed by atoms with Crippen LogP contribution in [0.5, 0.6) is 0 Å². The molecular weight excluding hydrogens is 368 g/mol. The van der Waals surface area contributed by atoms with Gasteiger partial charge in [-0.15, -0.1) is 0 Å². The second-order valence-electron chi connectivity index (χ2n) is 7.78. The van der Waals surface area contributed by atoms with E-state index in [1.165, 1.54) is 70.6 Å². The lowest BCUT2D eigenvalue weighted by Crippen LogP contribution is -2.22. The van der Waals surface area contributed by atoms with Crippen molar-refractivity contribution in [3.05, 3.63) is 28.5 Å². The highest BCUT2D eigenvalue weighted by Gasteiger charge is 2.08. The molecule has 5 heteroatoms. The van der Waals surface area contributed by atoms with Gasteiger partial charge in [0, 0.05) is 12.7 Å². The summed E-state index contributed by atoms with van der Waals surface area (Å²) in [6.07, 6.45) is 17.4. The van der Waals surface area contributed by atoms with E-state index in [4.69, 9.17) is 4.42 Å². The van der Waals surface area contributed by atoms with Crippen LogP contribution in [0.3, 0.4) is 0 Å². The van der Waals surface area contributed by atoms with Crippen LogP contribution in [0.1, 0.15) is 96.7 Å². The molecule has 2 aromatic heterocycles. The molecule has 158 valence electrons. The van der Waals surface area contributed by atoms with Gasteiger partial charge in [-0.1, -0.05) is 78.1 Å². The number of hydrogen-bond donors (Lipinski definition) is 0. The third-order valence-corrected chi connectivity index (χ3v) is 6.23. The second-order valence-corrected chi connectivity index (χ2v) is 8.88. The number of fused-ring (bicyclic) bond motifs is 1. The van der Waals surface area contributed by atoms with Gasteiger partial charge in [0.25, 0.3) is 0 Å². The number of aryl methyl sites for hydroxylation is 1. The lowest BCUT2D eigenvalue weighted by Gasteiger charge is -2.05. The van der Waals surface area contributed by atoms with E-state index >= 15 is 0 Å². The first kappa shape index (κ1) is 23.1. The first-order chi connectivity index (χ1) is 13.7. The highest BCUT2D eigenvalue weighted by Crippen LogP contribution is 2.21. The normalized spacial score (nSPS) is 11.5. The van der Waals surface area contributed by atoms with Crippen molar-refractivity contribution in [1.29, 1.82) is 0 Å². The van der Waals surface area contributed by atoms with Gasteiger partial charge in [0.05, 0.1) is 11.1 Å². The Morgan fingerprint density at radius 3 is 2.25 bits per heavy atom. The van der Waals surface area contributed by atoms with Crippen LogP contribution in [0.25, 0.3) is 11.1 Å². The Kier molecular flexibility index (Phi) is 11.4. The molecule has 0 aliphatic carbocycles. The van der Waals surface area contributed by atoms with Gasteiger partial charge in [-0.05, 0) is 24.7 Å². The molecule has 0 radical (unpaired) electrons. The number of thioether (sulfide) groups is 1. The van der Waals surface area contributed by atoms with Crippen LogP contribution in [-0.4, -0.2) is 15.3 Å². The molecule has 2 aromatic rings. The fourth-order valence-corrected chi connectivity index (χ4v) is 4.40. The Bertz CT molecular complexity index is 723. The van der Waals surface area contributed by atoms with E-state index in [9.17, 15) is 4.79 Å². The lowest BCUT2D eigenvalue weighted by molar-refractivity contribution is 0.523. The van der Waals surface area contributed by atoms with Gasteiger partial charge >= 0.3 is 5.69 Å². The highest BCUT2D eigenvalue weighted by molar-refractivity contribution is 7.98. The van der Waals surface area contributed by atoms with Crippen LogP contribution in [0.2, 0.25) is 0 Å². The summed E-state index contributed by atoms with van der Waals surface area (Å²) in [6, 6.07) is 2.04. The van der Waals surface area contributed by atoms with Gasteiger partial charge in [-0.2, -0.15) is 16.7 Å². The van der Waals surface area contributed by atoms with Crippen LogP contribution >= 0.6 is 11.8 Å². The molecule has 0 aromatic carbocycles. The summed E-state index contributed by atoms with van der Waals surface area (Å²) in [5.74, 6) is 2.91. The number of hydrogen-bond acceptors (Lipinski definition) is 4. The average molecular weight is 407 g/mol. The molecule has 2 heterocycles. The van der Waals surface area contributed by atoms with E-state index in [0.29, 0.717) is 5.71 Å². The van der Waals surface area contributed by atoms with Crippen molar-refractivity contribution in [3.8, 4) is 0 Å². The fourth-order valence-electron chi connectivity index (χ4n) is 3.42. The quantitative estimate of drug-likeness (QED) is 0.283. The monoisotopic (exact) mass is 406 g/mol. The number of rotatable bonds is 16. The predicted molar refractivity (Wildman–Crippen MR) is 121 cm³/mol. The predicted octanol–water partition coefficient (Wildman–Crippen LogP) is 6.94. The van der Waals surface area contributed by atoms with Crippen molar-refractivity contribution in [3.63, 3.8) is 0 Å². The lowest BCUT2D eigenvalue weighted by atomic mass is 10.1. The van der Waals surface area contributed by atoms with Gasteiger partial charge in [-0.3, -0.25) is 4.57 Å². The van der Waals surface area contributed by atoms with E-state index in [2.05, 4.69) is 18.8 Å². The van der Waals surface area contributed by atoms with Gasteiger partial charge in [0.15, 0.2) is 0 Å². The second kappa shape index (κ2) is 13.9. The number of nitrogens with zero attached hydrogens (tertiary/aromatic N) is 2. The molecule has 0 unspecified atom stereocenters. The molecule has 0 fully saturated rings. The Morgan fingerprint density at radius 1 is 0.929 bits per heavy atom. The summed E-state index contributed by atoms with van der Waals surface area (Å²) < 4.78 is 7.49. The number of aromatic nitrogens is 2. The zero-order valence-electron chi connectivity index (χ0n) is 17.9. The van der Waals surface area contributed by atoms with Crippen molar-refractivity contribution in [2.24, 2.45) is 0 Å². The van der Waals surface area contributed by atoms with Gasteiger partial charge < -0.3 is 4.42 Å². The molecule has 0 spiro atoms. The van der Waals surface area contributed by atoms with E-state index in [-0.39, 0.29) is 5.69 Å². The van der Waals surface area contributed by atoms with Crippen LogP contribution in [-0.2, 0) is 12.3 Å². The van der Waals surface area contributed by atoms with E-state index in [0.717, 1.165) is 35.6 Å². The summed E-state index contributed by atoms with van der Waals surface area (Å²) >= 11 is 1.88. The van der Waals surface area contributed by atoms with Gasteiger partial charge in [0.1, 0.15) is 5.76 Å². The molecule has 0 N–H and O–H groups in total. The molecule has 0 saturated heterocycles. The largest absolute Gasteiger partial charge is 0.442 e. The maximum atomic E-state index is 12.2. The molecule has 2 rings (SSSR count). The number of unbranched alkanes of at least 4 members (excludes halogenated alkanes) is 10. The Balaban J connectivity index is 1.69. The first-order valence-corrected chi connectivity index (χ1v) is 12.5. The van der Waals surface area contributed by atoms with Crippen molar-refractivity contribution in [2.45, 2.75) is 103 Å². The summed E-state index contributed by atoms with van der Waals surface area (Å²) in [6.45, 7) is 5.22. The SMILES string of the molecule is CCCCCCCCCCCCn1cc2cc(CSCCCC)oc2nc1=O. The van der Waals surface area contributed by atoms with Crippen molar-refractivity contribution in [1.82, 2.24) is 9.55 Å². The maximum Gasteiger partial charge on any atom is 0.350 e. The third kappa shape index (κ3) is 8.42. The van der Waals surface area contributed by atoms with Crippen molar-refractivity contribution < 1.29 is 4.42 Å². The summed E-state index contributed by atoms with van der Waals surface area (Å²) in [5.41, 5.74) is 0.290. The molecule has 0 aliphatic heterocycles. The van der Waals surface area contributed by atoms with Crippen LogP contribution < -0.4 is 5.69 Å². The van der Waals surface area contributed by atoms with Gasteiger partial charge in [-0.25, -0.2) is 4.79 Å². The standard InChI is InChI=1S/C23H38N2O2S/c1-3-5-7-8-9-10-11-12-13-14-15-25-18-20-17-21(19-28-16-6-4-2)27-22(20)24-23(25)26/h17-18H,3-16,19H2,1-2H3.